The van der Waals surface area contributed by atoms with E-state index in [1.165, 1.54) is 18.4 Å². The lowest BCUT2D eigenvalue weighted by Crippen LogP contribution is -2.31. The summed E-state index contributed by atoms with van der Waals surface area (Å²) in [5.74, 6) is -0.483. The molecule has 2 rings (SSSR count). The minimum atomic E-state index is -0.483. The highest BCUT2D eigenvalue weighted by atomic mass is 32.1. The molecule has 0 bridgehead atoms. The van der Waals surface area contributed by atoms with Gasteiger partial charge in [-0.2, -0.15) is 5.26 Å². The van der Waals surface area contributed by atoms with Gasteiger partial charge in [0.1, 0.15) is 21.5 Å². The molecule has 1 aromatic rings. The molecular formula is C13H18N4O2S. The molecular weight excluding hydrogens is 276 g/mol. The van der Waals surface area contributed by atoms with Gasteiger partial charge < -0.3 is 20.3 Å². The number of carbonyl (C=O) groups excluding carboxylic acids is 1. The number of hydrogen-bond acceptors (Lipinski definition) is 7. The van der Waals surface area contributed by atoms with Gasteiger partial charge >= 0.3 is 5.97 Å². The van der Waals surface area contributed by atoms with Crippen LogP contribution in [0, 0.1) is 11.3 Å². The maximum atomic E-state index is 11.9. The zero-order valence-corrected chi connectivity index (χ0v) is 12.7. The number of rotatable bonds is 3. The Kier molecular flexibility index (Phi) is 4.16. The first-order chi connectivity index (χ1) is 9.49. The van der Waals surface area contributed by atoms with Crippen LogP contribution in [-0.4, -0.2) is 51.2 Å². The number of hydrogen-bond donors (Lipinski definition) is 1. The van der Waals surface area contributed by atoms with Gasteiger partial charge in [-0.15, -0.1) is 11.3 Å². The molecule has 2 heterocycles. The van der Waals surface area contributed by atoms with Crippen LogP contribution in [-0.2, 0) is 4.74 Å². The first kappa shape index (κ1) is 14.6. The molecule has 6 nitrogen and oxygen atoms in total. The Bertz CT molecular complexity index is 561. The lowest BCUT2D eigenvalue weighted by Gasteiger charge is -2.21. The topological polar surface area (TPSA) is 82.6 Å². The van der Waals surface area contributed by atoms with Crippen molar-refractivity contribution in [2.45, 2.75) is 12.5 Å². The van der Waals surface area contributed by atoms with Crippen molar-refractivity contribution in [2.75, 3.05) is 44.9 Å². The Balaban J connectivity index is 2.37. The quantitative estimate of drug-likeness (QED) is 0.841. The third kappa shape index (κ3) is 2.44. The lowest BCUT2D eigenvalue weighted by molar-refractivity contribution is 0.0603. The van der Waals surface area contributed by atoms with E-state index in [4.69, 9.17) is 15.7 Å². The zero-order valence-electron chi connectivity index (χ0n) is 11.8. The highest BCUT2D eigenvalue weighted by molar-refractivity contribution is 7.17. The molecule has 1 fully saturated rings. The van der Waals surface area contributed by atoms with Gasteiger partial charge in [-0.25, -0.2) is 4.79 Å². The second-order valence-electron chi connectivity index (χ2n) is 4.98. The van der Waals surface area contributed by atoms with Crippen molar-refractivity contribution in [2.24, 2.45) is 0 Å². The molecule has 108 valence electrons. The Labute approximate surface area is 122 Å². The van der Waals surface area contributed by atoms with Crippen LogP contribution in [0.15, 0.2) is 0 Å². The van der Waals surface area contributed by atoms with Crippen LogP contribution in [0.3, 0.4) is 0 Å². The molecule has 0 radical (unpaired) electrons. The van der Waals surface area contributed by atoms with E-state index in [0.29, 0.717) is 16.5 Å². The number of nitrogen functional groups attached to an aromatic ring is 1. The van der Waals surface area contributed by atoms with Crippen molar-refractivity contribution in [1.82, 2.24) is 4.90 Å². The first-order valence-electron chi connectivity index (χ1n) is 6.31. The fourth-order valence-corrected chi connectivity index (χ4v) is 3.43. The van der Waals surface area contributed by atoms with Crippen LogP contribution < -0.4 is 10.6 Å². The van der Waals surface area contributed by atoms with Gasteiger partial charge in [0.05, 0.1) is 12.8 Å². The van der Waals surface area contributed by atoms with Crippen LogP contribution in [0.4, 0.5) is 10.7 Å². The van der Waals surface area contributed by atoms with Crippen molar-refractivity contribution in [3.05, 3.63) is 10.4 Å². The van der Waals surface area contributed by atoms with Gasteiger partial charge in [0.25, 0.3) is 0 Å². The second-order valence-corrected chi connectivity index (χ2v) is 5.98. The van der Waals surface area contributed by atoms with Gasteiger partial charge in [0, 0.05) is 19.1 Å². The van der Waals surface area contributed by atoms with Crippen molar-refractivity contribution in [1.29, 1.82) is 5.26 Å². The van der Waals surface area contributed by atoms with Crippen LogP contribution in [0.5, 0.6) is 0 Å². The smallest absolute Gasteiger partial charge is 0.343 e. The number of carbonyl (C=O) groups is 1. The summed E-state index contributed by atoms with van der Waals surface area (Å²) in [6.07, 6.45) is 1.02. The SMILES string of the molecule is COC(=O)c1c(N2CCC(N(C)C)C2)sc(C#N)c1N. The number of anilines is 2. The number of nitrogens with two attached hydrogens (primary N) is 1. The number of esters is 1. The second kappa shape index (κ2) is 5.69. The summed E-state index contributed by atoms with van der Waals surface area (Å²) < 4.78 is 4.79. The molecule has 1 atom stereocenters. The minimum Gasteiger partial charge on any atom is -0.465 e. The van der Waals surface area contributed by atoms with E-state index in [1.54, 1.807) is 0 Å². The average molecular weight is 294 g/mol. The average Bonchev–Trinajstić information content (AvgIpc) is 3.02. The summed E-state index contributed by atoms with van der Waals surface area (Å²) in [4.78, 5) is 16.6. The highest BCUT2D eigenvalue weighted by Crippen LogP contribution is 2.39. The first-order valence-corrected chi connectivity index (χ1v) is 7.13. The third-order valence-corrected chi connectivity index (χ3v) is 4.77. The molecule has 0 spiro atoms. The molecule has 1 unspecified atom stereocenters. The normalized spacial score (nSPS) is 18.4. The molecule has 0 amide bonds. The van der Waals surface area contributed by atoms with E-state index in [0.717, 1.165) is 24.5 Å². The van der Waals surface area contributed by atoms with Crippen LogP contribution in [0.1, 0.15) is 21.7 Å². The number of nitriles is 1. The monoisotopic (exact) mass is 294 g/mol. The standard InChI is InChI=1S/C13H18N4O2S/c1-16(2)8-4-5-17(7-8)12-10(13(18)19-3)11(15)9(6-14)20-12/h8H,4-5,7,15H2,1-3H3. The maximum absolute atomic E-state index is 11.9. The molecule has 1 aromatic heterocycles. The van der Waals surface area contributed by atoms with E-state index in [9.17, 15) is 4.79 Å². The molecule has 20 heavy (non-hydrogen) atoms. The van der Waals surface area contributed by atoms with Gasteiger partial charge in [-0.05, 0) is 20.5 Å². The van der Waals surface area contributed by atoms with E-state index in [2.05, 4.69) is 9.80 Å². The summed E-state index contributed by atoms with van der Waals surface area (Å²) in [5.41, 5.74) is 6.46. The number of ether oxygens (including phenoxy) is 1. The molecule has 1 aliphatic heterocycles. The Morgan fingerprint density at radius 2 is 2.30 bits per heavy atom. The van der Waals surface area contributed by atoms with Crippen molar-refractivity contribution in [3.8, 4) is 6.07 Å². The Hall–Kier alpha value is -1.78. The predicted octanol–water partition coefficient (Wildman–Crippen LogP) is 1.13. The van der Waals surface area contributed by atoms with Gasteiger partial charge in [-0.1, -0.05) is 0 Å². The molecule has 2 N–H and O–H groups in total. The molecule has 1 saturated heterocycles. The molecule has 0 aliphatic carbocycles. The maximum Gasteiger partial charge on any atom is 0.343 e. The minimum absolute atomic E-state index is 0.229. The van der Waals surface area contributed by atoms with Gasteiger partial charge in [0.2, 0.25) is 0 Å². The van der Waals surface area contributed by atoms with E-state index in [-0.39, 0.29) is 5.69 Å². The van der Waals surface area contributed by atoms with Crippen molar-refractivity contribution < 1.29 is 9.53 Å². The molecule has 0 aromatic carbocycles. The van der Waals surface area contributed by atoms with Gasteiger partial charge in [0.15, 0.2) is 0 Å². The fraction of sp³-hybridized carbons (Fsp3) is 0.538. The zero-order chi connectivity index (χ0) is 14.9. The van der Waals surface area contributed by atoms with Crippen molar-refractivity contribution in [3.63, 3.8) is 0 Å². The fourth-order valence-electron chi connectivity index (χ4n) is 2.38. The summed E-state index contributed by atoms with van der Waals surface area (Å²) in [6.45, 7) is 1.67. The Morgan fingerprint density at radius 3 is 2.80 bits per heavy atom. The lowest BCUT2D eigenvalue weighted by atomic mass is 10.2. The summed E-state index contributed by atoms with van der Waals surface area (Å²) >= 11 is 1.26. The van der Waals surface area contributed by atoms with Crippen LogP contribution in [0.25, 0.3) is 0 Å². The van der Waals surface area contributed by atoms with Crippen molar-refractivity contribution >= 4 is 28.0 Å². The van der Waals surface area contributed by atoms with E-state index >= 15 is 0 Å². The summed E-state index contributed by atoms with van der Waals surface area (Å²) in [7, 11) is 5.40. The summed E-state index contributed by atoms with van der Waals surface area (Å²) in [6, 6.07) is 2.48. The van der Waals surface area contributed by atoms with Gasteiger partial charge in [-0.3, -0.25) is 0 Å². The van der Waals surface area contributed by atoms with Crippen LogP contribution >= 0.6 is 11.3 Å². The molecule has 0 saturated carbocycles. The molecule has 7 heteroatoms. The summed E-state index contributed by atoms with van der Waals surface area (Å²) in [5, 5.41) is 9.84. The predicted molar refractivity (Wildman–Crippen MR) is 79.1 cm³/mol. The van der Waals surface area contributed by atoms with Crippen LogP contribution in [0.2, 0.25) is 0 Å². The third-order valence-electron chi connectivity index (χ3n) is 3.60. The number of thiophene rings is 1. The number of likely N-dealkylation sites (N-methyl/N-ethyl adjacent to an activating group) is 1. The number of methoxy groups -OCH3 is 1. The van der Waals surface area contributed by atoms with E-state index in [1.807, 2.05) is 20.2 Å². The van der Waals surface area contributed by atoms with E-state index < -0.39 is 5.97 Å². The largest absolute Gasteiger partial charge is 0.465 e. The highest BCUT2D eigenvalue weighted by Gasteiger charge is 2.31. The number of nitrogens with zero attached hydrogens (tertiary/aromatic N) is 3. The Morgan fingerprint density at radius 1 is 1.60 bits per heavy atom. The molecule has 1 aliphatic rings.